The van der Waals surface area contributed by atoms with E-state index in [-0.39, 0.29) is 12.5 Å². The number of nitrogens with one attached hydrogen (secondary N) is 2. The van der Waals surface area contributed by atoms with Crippen molar-refractivity contribution in [1.82, 2.24) is 10.6 Å². The molecule has 14 nitrogen and oxygen atoms in total. The first-order valence-corrected chi connectivity index (χ1v) is 24.1. The van der Waals surface area contributed by atoms with Gasteiger partial charge in [-0.3, -0.25) is 9.59 Å². The summed E-state index contributed by atoms with van der Waals surface area (Å²) in [6, 6.07) is 4.15. The molecule has 2 amide bonds. The fourth-order valence-electron chi connectivity index (χ4n) is 7.72. The van der Waals surface area contributed by atoms with E-state index in [4.69, 9.17) is 18.9 Å². The third-order valence-electron chi connectivity index (χ3n) is 11.5. The molecule has 1 heterocycles. The van der Waals surface area contributed by atoms with Crippen molar-refractivity contribution < 1.29 is 58.9 Å². The topological polar surface area (TPSA) is 213 Å². The summed E-state index contributed by atoms with van der Waals surface area (Å²) in [7, 11) is 0. The molecule has 0 unspecified atom stereocenters. The van der Waals surface area contributed by atoms with Gasteiger partial charge in [0.25, 0.3) is 11.7 Å². The first-order valence-electron chi connectivity index (χ1n) is 24.1. The van der Waals surface area contributed by atoms with E-state index in [2.05, 4.69) is 24.5 Å². The molecule has 0 aliphatic carbocycles. The van der Waals surface area contributed by atoms with Crippen LogP contribution in [0, 0.1) is 0 Å². The van der Waals surface area contributed by atoms with Crippen LogP contribution in [0.1, 0.15) is 192 Å². The van der Waals surface area contributed by atoms with Gasteiger partial charge in [-0.2, -0.15) is 0 Å². The first kappa shape index (κ1) is 55.1. The number of rotatable bonds is 37. The third-order valence-corrected chi connectivity index (χ3v) is 11.5. The third kappa shape index (κ3) is 23.1. The molecule has 2 rings (SSSR count). The van der Waals surface area contributed by atoms with Gasteiger partial charge in [0.05, 0.1) is 38.6 Å². The number of ether oxygens (including phenoxy) is 4. The maximum atomic E-state index is 13.3. The smallest absolute Gasteiger partial charge is 0.366 e. The van der Waals surface area contributed by atoms with Gasteiger partial charge in [0.1, 0.15) is 29.8 Å². The van der Waals surface area contributed by atoms with Crippen LogP contribution in [-0.4, -0.2) is 113 Å². The molecule has 0 radical (unpaired) electrons. The maximum Gasteiger partial charge on any atom is 0.366 e. The number of carbonyl (C=O) groups is 3. The highest BCUT2D eigenvalue weighted by molar-refractivity contribution is 5.95. The number of unbranched alkanes of at least 4 members (excludes halogenated alkanes) is 21. The van der Waals surface area contributed by atoms with Crippen molar-refractivity contribution >= 4 is 17.8 Å². The van der Waals surface area contributed by atoms with Crippen LogP contribution in [0.5, 0.6) is 11.5 Å². The molecule has 1 saturated heterocycles. The number of hydrogen-bond donors (Lipinski definition) is 7. The molecule has 62 heavy (non-hydrogen) atoms. The minimum absolute atomic E-state index is 0.0671. The second-order valence-electron chi connectivity index (χ2n) is 17.2. The van der Waals surface area contributed by atoms with Crippen molar-refractivity contribution in [3.8, 4) is 11.5 Å². The normalized spacial score (nSPS) is 19.7. The molecule has 0 spiro atoms. The zero-order valence-electron chi connectivity index (χ0n) is 38.4. The Balaban J connectivity index is 1.80. The van der Waals surface area contributed by atoms with Gasteiger partial charge in [0.15, 0.2) is 0 Å². The Hall–Kier alpha value is -3.01. The van der Waals surface area contributed by atoms with Crippen molar-refractivity contribution in [1.29, 1.82) is 0 Å². The Morgan fingerprint density at radius 3 is 1.63 bits per heavy atom. The number of benzene rings is 1. The van der Waals surface area contributed by atoms with E-state index in [0.717, 1.165) is 32.1 Å². The summed E-state index contributed by atoms with van der Waals surface area (Å²) in [4.78, 5) is 37.8. The van der Waals surface area contributed by atoms with Crippen LogP contribution in [0.3, 0.4) is 0 Å². The second-order valence-corrected chi connectivity index (χ2v) is 17.2. The number of aliphatic hydroxyl groups is 5. The lowest BCUT2D eigenvalue weighted by molar-refractivity contribution is -0.297. The highest BCUT2D eigenvalue weighted by Crippen LogP contribution is 2.32. The number of carbonyl (C=O) groups excluding carboxylic acids is 3. The minimum Gasteiger partial charge on any atom is -0.493 e. The average Bonchev–Trinajstić information content (AvgIpc) is 3.25. The molecule has 14 heteroatoms. The standard InChI is InChI=1S/C48H84N2O12/c1-4-6-8-10-12-14-16-18-21-25-29-59-39-32-38(33-40(34-39)60-30-26-22-19-17-15-13-11-9-7-5-2)46(56)49-28-24-20-23-27-31-61-47(57)48(58)35-41(53)43(50-37(3)52)45(62-48)44(55)42(54)36-51/h32-34,41-45,51,53-55,58H,4-31,35-36H2,1-3H3,(H,49,56)(H,50,52)/t41-,42+,43+,44+,45+,48-/m0/s1. The van der Waals surface area contributed by atoms with Gasteiger partial charge in [-0.15, -0.1) is 0 Å². The van der Waals surface area contributed by atoms with Crippen LogP contribution in [0.4, 0.5) is 0 Å². The van der Waals surface area contributed by atoms with Gasteiger partial charge in [0.2, 0.25) is 5.91 Å². The molecular formula is C48H84N2O12. The fraction of sp³-hybridized carbons (Fsp3) is 0.812. The highest BCUT2D eigenvalue weighted by atomic mass is 16.7. The summed E-state index contributed by atoms with van der Waals surface area (Å²) < 4.78 is 22.9. The number of esters is 1. The lowest BCUT2D eigenvalue weighted by atomic mass is 9.88. The van der Waals surface area contributed by atoms with Gasteiger partial charge < -0.3 is 55.1 Å². The summed E-state index contributed by atoms with van der Waals surface area (Å²) in [6.07, 6.45) is 20.0. The van der Waals surface area contributed by atoms with Gasteiger partial charge in [-0.1, -0.05) is 136 Å². The zero-order valence-corrected chi connectivity index (χ0v) is 38.4. The predicted molar refractivity (Wildman–Crippen MR) is 240 cm³/mol. The summed E-state index contributed by atoms with van der Waals surface area (Å²) >= 11 is 0. The van der Waals surface area contributed by atoms with Gasteiger partial charge in [0, 0.05) is 31.5 Å². The van der Waals surface area contributed by atoms with Crippen LogP contribution < -0.4 is 20.1 Å². The molecule has 1 fully saturated rings. The van der Waals surface area contributed by atoms with E-state index < -0.39 is 61.1 Å². The highest BCUT2D eigenvalue weighted by Gasteiger charge is 2.54. The summed E-state index contributed by atoms with van der Waals surface area (Å²) in [6.45, 7) is 6.32. The molecule has 1 aromatic rings. The molecule has 1 aliphatic heterocycles. The van der Waals surface area contributed by atoms with Gasteiger partial charge in [-0.05, 0) is 44.2 Å². The van der Waals surface area contributed by atoms with Crippen LogP contribution in [-0.2, 0) is 19.1 Å². The average molecular weight is 881 g/mol. The summed E-state index contributed by atoms with van der Waals surface area (Å²) in [5.74, 6) is -3.40. The van der Waals surface area contributed by atoms with E-state index in [1.165, 1.54) is 110 Å². The van der Waals surface area contributed by atoms with E-state index in [9.17, 15) is 39.9 Å². The summed E-state index contributed by atoms with van der Waals surface area (Å²) in [5, 5.41) is 56.7. The molecule has 6 atom stereocenters. The Morgan fingerprint density at radius 1 is 0.710 bits per heavy atom. The van der Waals surface area contributed by atoms with Crippen molar-refractivity contribution in [3.05, 3.63) is 23.8 Å². The minimum atomic E-state index is -2.66. The molecule has 0 saturated carbocycles. The Labute approximate surface area is 372 Å². The Morgan fingerprint density at radius 2 is 1.16 bits per heavy atom. The quantitative estimate of drug-likeness (QED) is 0.0262. The van der Waals surface area contributed by atoms with Crippen molar-refractivity contribution in [2.75, 3.05) is 33.0 Å². The van der Waals surface area contributed by atoms with Crippen LogP contribution >= 0.6 is 0 Å². The molecular weight excluding hydrogens is 797 g/mol. The van der Waals surface area contributed by atoms with E-state index >= 15 is 0 Å². The van der Waals surface area contributed by atoms with Gasteiger partial charge >= 0.3 is 5.97 Å². The summed E-state index contributed by atoms with van der Waals surface area (Å²) in [5.41, 5.74) is 0.479. The zero-order chi connectivity index (χ0) is 45.4. The monoisotopic (exact) mass is 881 g/mol. The second kappa shape index (κ2) is 33.5. The Bertz CT molecular complexity index is 1310. The lowest BCUT2D eigenvalue weighted by Crippen LogP contribution is -2.67. The molecule has 0 bridgehead atoms. The Kier molecular flexibility index (Phi) is 29.8. The van der Waals surface area contributed by atoms with Crippen LogP contribution in [0.15, 0.2) is 18.2 Å². The van der Waals surface area contributed by atoms with E-state index in [1.54, 1.807) is 12.1 Å². The first-order chi connectivity index (χ1) is 29.9. The molecule has 1 aromatic carbocycles. The van der Waals surface area contributed by atoms with Crippen LogP contribution in [0.25, 0.3) is 0 Å². The fourth-order valence-corrected chi connectivity index (χ4v) is 7.72. The number of hydrogen-bond acceptors (Lipinski definition) is 12. The van der Waals surface area contributed by atoms with E-state index in [0.29, 0.717) is 56.1 Å². The molecule has 358 valence electrons. The molecule has 0 aromatic heterocycles. The van der Waals surface area contributed by atoms with Crippen molar-refractivity contribution in [2.24, 2.45) is 0 Å². The van der Waals surface area contributed by atoms with E-state index in [1.807, 2.05) is 6.07 Å². The SMILES string of the molecule is CCCCCCCCCCCCOc1cc(OCCCCCCCCCCCC)cc(C(=O)NCCCCCCOC(=O)[C@]2(O)C[C@H](O)[C@@H](NC(C)=O)[C@H]([C@H](O)[C@H](O)CO)O2)c1. The molecule has 1 aliphatic rings. The van der Waals surface area contributed by atoms with Gasteiger partial charge in [-0.25, -0.2) is 4.79 Å². The lowest BCUT2D eigenvalue weighted by Gasteiger charge is -2.45. The van der Waals surface area contributed by atoms with Crippen molar-refractivity contribution in [3.63, 3.8) is 0 Å². The van der Waals surface area contributed by atoms with Crippen molar-refractivity contribution in [2.45, 2.75) is 218 Å². The maximum absolute atomic E-state index is 13.3. The predicted octanol–water partition coefficient (Wildman–Crippen LogP) is 7.18. The number of aliphatic hydroxyl groups excluding tert-OH is 4. The largest absolute Gasteiger partial charge is 0.493 e. The number of amides is 2. The molecule has 7 N–H and O–H groups in total. The van der Waals surface area contributed by atoms with Crippen LogP contribution in [0.2, 0.25) is 0 Å².